The van der Waals surface area contributed by atoms with E-state index in [-0.39, 0.29) is 11.4 Å². The fourth-order valence-corrected chi connectivity index (χ4v) is 3.99. The second-order valence-electron chi connectivity index (χ2n) is 7.48. The Balaban J connectivity index is 1.62. The van der Waals surface area contributed by atoms with Gasteiger partial charge < -0.3 is 15.4 Å². The predicted molar refractivity (Wildman–Crippen MR) is 109 cm³/mol. The summed E-state index contributed by atoms with van der Waals surface area (Å²) in [6, 6.07) is 15.2. The molecule has 0 spiro atoms. The molecule has 1 saturated heterocycles. The van der Waals surface area contributed by atoms with Crippen molar-refractivity contribution in [1.29, 1.82) is 0 Å². The molecule has 3 heterocycles. The highest BCUT2D eigenvalue weighted by Gasteiger charge is 2.46. The van der Waals surface area contributed by atoms with Gasteiger partial charge in [0.25, 0.3) is 0 Å². The van der Waals surface area contributed by atoms with Gasteiger partial charge in [0.2, 0.25) is 5.95 Å². The van der Waals surface area contributed by atoms with Crippen LogP contribution in [0.25, 0.3) is 11.3 Å². The van der Waals surface area contributed by atoms with Gasteiger partial charge in [0.05, 0.1) is 18.9 Å². The second-order valence-corrected chi connectivity index (χ2v) is 7.48. The zero-order chi connectivity index (χ0) is 19.0. The van der Waals surface area contributed by atoms with E-state index >= 15 is 0 Å². The van der Waals surface area contributed by atoms with E-state index in [4.69, 9.17) is 15.5 Å². The highest BCUT2D eigenvalue weighted by atomic mass is 16.5. The third-order valence-corrected chi connectivity index (χ3v) is 5.74. The molecule has 0 bridgehead atoms. The largest absolute Gasteiger partial charge is 0.378 e. The molecule has 0 unspecified atom stereocenters. The van der Waals surface area contributed by atoms with Crippen molar-refractivity contribution in [2.24, 2.45) is 0 Å². The smallest absolute Gasteiger partial charge is 0.219 e. The highest BCUT2D eigenvalue weighted by Crippen LogP contribution is 2.54. The number of nitrogens with zero attached hydrogens (tertiary/aromatic N) is 4. The molecule has 1 aliphatic heterocycles. The van der Waals surface area contributed by atoms with E-state index in [0.29, 0.717) is 0 Å². The normalized spacial score (nSPS) is 18.1. The van der Waals surface area contributed by atoms with Gasteiger partial charge in [0.15, 0.2) is 0 Å². The van der Waals surface area contributed by atoms with Gasteiger partial charge in [-0.3, -0.25) is 0 Å². The third kappa shape index (κ3) is 3.10. The number of anilines is 2. The summed E-state index contributed by atoms with van der Waals surface area (Å²) in [5.41, 5.74) is 10.2. The van der Waals surface area contributed by atoms with E-state index in [1.54, 1.807) is 12.4 Å². The lowest BCUT2D eigenvalue weighted by atomic mass is 9.87. The summed E-state index contributed by atoms with van der Waals surface area (Å²) >= 11 is 0. The van der Waals surface area contributed by atoms with Gasteiger partial charge in [0, 0.05) is 36.5 Å². The number of hydrogen-bond donors (Lipinski definition) is 1. The molecule has 1 saturated carbocycles. The van der Waals surface area contributed by atoms with Crippen LogP contribution >= 0.6 is 0 Å². The molecule has 6 heteroatoms. The molecule has 0 amide bonds. The molecule has 0 radical (unpaired) electrons. The molecule has 1 aliphatic carbocycles. The zero-order valence-electron chi connectivity index (χ0n) is 15.7. The highest BCUT2D eigenvalue weighted by molar-refractivity contribution is 5.64. The lowest BCUT2D eigenvalue weighted by molar-refractivity contribution is 0.122. The van der Waals surface area contributed by atoms with Crippen molar-refractivity contribution in [1.82, 2.24) is 15.0 Å². The van der Waals surface area contributed by atoms with E-state index in [1.807, 2.05) is 0 Å². The molecule has 5 rings (SSSR count). The Morgan fingerprint density at radius 1 is 0.929 bits per heavy atom. The van der Waals surface area contributed by atoms with Crippen LogP contribution in [0.2, 0.25) is 0 Å². The zero-order valence-corrected chi connectivity index (χ0v) is 15.7. The van der Waals surface area contributed by atoms with Crippen LogP contribution in [0.4, 0.5) is 11.8 Å². The van der Waals surface area contributed by atoms with Gasteiger partial charge in [-0.2, -0.15) is 0 Å². The van der Waals surface area contributed by atoms with Crippen LogP contribution in [0, 0.1) is 0 Å². The van der Waals surface area contributed by atoms with Gasteiger partial charge >= 0.3 is 0 Å². The van der Waals surface area contributed by atoms with Gasteiger partial charge in [-0.1, -0.05) is 30.3 Å². The lowest BCUT2D eigenvalue weighted by Crippen LogP contribution is -2.37. The molecule has 2 aromatic heterocycles. The van der Waals surface area contributed by atoms with Crippen molar-refractivity contribution in [3.05, 3.63) is 66.0 Å². The van der Waals surface area contributed by atoms with Crippen molar-refractivity contribution >= 4 is 11.8 Å². The first-order chi connectivity index (χ1) is 13.7. The molecule has 6 nitrogen and oxygen atoms in total. The van der Waals surface area contributed by atoms with Gasteiger partial charge in [-0.15, -0.1) is 0 Å². The Labute approximate surface area is 164 Å². The van der Waals surface area contributed by atoms with E-state index in [9.17, 15) is 0 Å². The minimum Gasteiger partial charge on any atom is -0.378 e. The van der Waals surface area contributed by atoms with Crippen LogP contribution < -0.4 is 10.6 Å². The molecule has 1 aromatic carbocycles. The van der Waals surface area contributed by atoms with Crippen molar-refractivity contribution in [2.75, 3.05) is 36.9 Å². The number of aromatic nitrogens is 3. The average Bonchev–Trinajstić information content (AvgIpc) is 3.57. The Kier molecular flexibility index (Phi) is 4.20. The van der Waals surface area contributed by atoms with Gasteiger partial charge in [-0.05, 0) is 36.1 Å². The van der Waals surface area contributed by atoms with E-state index in [0.717, 1.165) is 56.2 Å². The van der Waals surface area contributed by atoms with Crippen LogP contribution in [-0.2, 0) is 10.2 Å². The molecular weight excluding hydrogens is 350 g/mol. The SMILES string of the molecule is Nc1ncc(-c2cc(C3(c4ccccc4)CC3)cc(N3CCOCC3)n2)cn1. The minimum atomic E-state index is 0.0780. The molecule has 2 aliphatic rings. The first kappa shape index (κ1) is 17.1. The third-order valence-electron chi connectivity index (χ3n) is 5.74. The monoisotopic (exact) mass is 373 g/mol. The maximum absolute atomic E-state index is 5.67. The average molecular weight is 373 g/mol. The number of rotatable bonds is 4. The van der Waals surface area contributed by atoms with Crippen LogP contribution in [-0.4, -0.2) is 41.3 Å². The van der Waals surface area contributed by atoms with Crippen LogP contribution in [0.1, 0.15) is 24.0 Å². The Hall–Kier alpha value is -2.99. The summed E-state index contributed by atoms with van der Waals surface area (Å²) in [6.07, 6.45) is 5.81. The molecule has 142 valence electrons. The molecular formula is C22H23N5O. The standard InChI is InChI=1S/C22H23N5O/c23-21-24-14-16(15-25-21)19-12-18(13-20(26-19)27-8-10-28-11-9-27)22(6-7-22)17-4-2-1-3-5-17/h1-5,12-15H,6-11H2,(H2,23,24,25). The van der Waals surface area contributed by atoms with Crippen molar-refractivity contribution in [3.8, 4) is 11.3 Å². The number of pyridine rings is 1. The summed E-state index contributed by atoms with van der Waals surface area (Å²) in [6.45, 7) is 3.17. The molecule has 3 aromatic rings. The summed E-state index contributed by atoms with van der Waals surface area (Å²) in [5, 5.41) is 0. The molecule has 2 N–H and O–H groups in total. The quantitative estimate of drug-likeness (QED) is 0.757. The maximum Gasteiger partial charge on any atom is 0.219 e. The van der Waals surface area contributed by atoms with Crippen LogP contribution in [0.5, 0.6) is 0 Å². The number of nitrogens with two attached hydrogens (primary N) is 1. The number of morpholine rings is 1. The predicted octanol–water partition coefficient (Wildman–Crippen LogP) is 3.04. The Bertz CT molecular complexity index is 964. The number of ether oxygens (including phenoxy) is 1. The fraction of sp³-hybridized carbons (Fsp3) is 0.318. The van der Waals surface area contributed by atoms with Crippen molar-refractivity contribution in [3.63, 3.8) is 0 Å². The molecule has 0 atom stereocenters. The number of benzene rings is 1. The second kappa shape index (κ2) is 6.87. The van der Waals surface area contributed by atoms with Crippen LogP contribution in [0.3, 0.4) is 0 Å². The van der Waals surface area contributed by atoms with Crippen molar-refractivity contribution < 1.29 is 4.74 Å². The minimum absolute atomic E-state index is 0.0780. The molecule has 2 fully saturated rings. The van der Waals surface area contributed by atoms with Gasteiger partial charge in [0.1, 0.15) is 5.82 Å². The summed E-state index contributed by atoms with van der Waals surface area (Å²) < 4.78 is 5.53. The van der Waals surface area contributed by atoms with E-state index < -0.39 is 0 Å². The Morgan fingerprint density at radius 3 is 2.32 bits per heavy atom. The lowest BCUT2D eigenvalue weighted by Gasteiger charge is -2.29. The Morgan fingerprint density at radius 2 is 1.64 bits per heavy atom. The molecule has 28 heavy (non-hydrogen) atoms. The first-order valence-corrected chi connectivity index (χ1v) is 9.73. The van der Waals surface area contributed by atoms with E-state index in [2.05, 4.69) is 57.3 Å². The first-order valence-electron chi connectivity index (χ1n) is 9.73. The summed E-state index contributed by atoms with van der Waals surface area (Å²) in [7, 11) is 0. The number of nitrogen functional groups attached to an aromatic ring is 1. The topological polar surface area (TPSA) is 77.2 Å². The maximum atomic E-state index is 5.67. The van der Waals surface area contributed by atoms with Crippen molar-refractivity contribution in [2.45, 2.75) is 18.3 Å². The van der Waals surface area contributed by atoms with Gasteiger partial charge in [-0.25, -0.2) is 15.0 Å². The fourth-order valence-electron chi connectivity index (χ4n) is 3.99. The van der Waals surface area contributed by atoms with E-state index in [1.165, 1.54) is 11.1 Å². The van der Waals surface area contributed by atoms with Crippen LogP contribution in [0.15, 0.2) is 54.9 Å². The summed E-state index contributed by atoms with van der Waals surface area (Å²) in [5.74, 6) is 1.27. The number of hydrogen-bond acceptors (Lipinski definition) is 6. The summed E-state index contributed by atoms with van der Waals surface area (Å²) in [4.78, 5) is 15.6.